The predicted octanol–water partition coefficient (Wildman–Crippen LogP) is 3.23. The van der Waals surface area contributed by atoms with Crippen LogP contribution in [-0.4, -0.2) is 46.4 Å². The van der Waals surface area contributed by atoms with Crippen molar-refractivity contribution >= 4 is 5.96 Å². The molecule has 30 heavy (non-hydrogen) atoms. The first kappa shape index (κ1) is 23.7. The molecule has 0 spiro atoms. The maximum atomic E-state index is 13.6. The van der Waals surface area contributed by atoms with E-state index >= 15 is 0 Å². The van der Waals surface area contributed by atoms with E-state index in [9.17, 15) is 18.3 Å². The van der Waals surface area contributed by atoms with Gasteiger partial charge in [0.2, 0.25) is 5.60 Å². The molecule has 6 nitrogen and oxygen atoms in total. The second-order valence-electron chi connectivity index (χ2n) is 7.43. The molecule has 0 saturated carbocycles. The van der Waals surface area contributed by atoms with E-state index in [4.69, 9.17) is 0 Å². The summed E-state index contributed by atoms with van der Waals surface area (Å²) in [6.45, 7) is 6.85. The number of hydrogen-bond acceptors (Lipinski definition) is 3. The summed E-state index contributed by atoms with van der Waals surface area (Å²) < 4.78 is 42.0. The third-order valence-corrected chi connectivity index (χ3v) is 4.92. The van der Waals surface area contributed by atoms with Gasteiger partial charge in [0.05, 0.1) is 0 Å². The molecule has 2 unspecified atom stereocenters. The highest BCUT2D eigenvalue weighted by Crippen LogP contribution is 2.40. The summed E-state index contributed by atoms with van der Waals surface area (Å²) in [5.74, 6) is 0.119. The first-order valence-electron chi connectivity index (χ1n) is 9.94. The number of aliphatic imine (C=N–C) groups is 1. The van der Waals surface area contributed by atoms with Gasteiger partial charge < -0.3 is 20.3 Å². The van der Waals surface area contributed by atoms with Crippen LogP contribution in [0.25, 0.3) is 0 Å². The number of hydrogen-bond donors (Lipinski definition) is 3. The van der Waals surface area contributed by atoms with Crippen molar-refractivity contribution in [3.8, 4) is 0 Å². The van der Waals surface area contributed by atoms with Crippen LogP contribution < -0.4 is 10.6 Å². The van der Waals surface area contributed by atoms with Crippen molar-refractivity contribution in [2.24, 2.45) is 12.0 Å². The van der Waals surface area contributed by atoms with E-state index in [1.807, 2.05) is 39.0 Å². The average molecular weight is 425 g/mol. The Hall–Kier alpha value is -2.55. The van der Waals surface area contributed by atoms with Gasteiger partial charge in [0.15, 0.2) is 5.96 Å². The number of rotatable bonds is 8. The number of guanidine groups is 1. The van der Waals surface area contributed by atoms with Crippen LogP contribution in [-0.2, 0) is 12.6 Å². The number of aryl methyl sites for hydroxylation is 2. The second kappa shape index (κ2) is 9.97. The lowest BCUT2D eigenvalue weighted by Crippen LogP contribution is -2.48. The molecule has 1 aromatic carbocycles. The van der Waals surface area contributed by atoms with E-state index in [-0.39, 0.29) is 12.5 Å². The maximum Gasteiger partial charge on any atom is 0.424 e. The van der Waals surface area contributed by atoms with E-state index in [2.05, 4.69) is 26.7 Å². The molecule has 0 radical (unpaired) electrons. The van der Waals surface area contributed by atoms with Crippen LogP contribution >= 0.6 is 0 Å². The molecule has 1 heterocycles. The monoisotopic (exact) mass is 425 g/mol. The lowest BCUT2D eigenvalue weighted by molar-refractivity contribution is -0.272. The molecule has 0 fully saturated rings. The minimum Gasteiger partial charge on any atom is -0.374 e. The topological polar surface area (TPSA) is 74.5 Å². The highest BCUT2D eigenvalue weighted by molar-refractivity contribution is 5.79. The van der Waals surface area contributed by atoms with Gasteiger partial charge in [-0.15, -0.1) is 0 Å². The SMILES string of the molecule is CCNC(=NCC(C)c1cccc(C)c1)NCCC(O)(c1nccn1C)C(F)(F)F. The molecular weight excluding hydrogens is 395 g/mol. The summed E-state index contributed by atoms with van der Waals surface area (Å²) in [4.78, 5) is 8.20. The summed E-state index contributed by atoms with van der Waals surface area (Å²) in [5.41, 5.74) is -0.741. The fourth-order valence-corrected chi connectivity index (χ4v) is 3.16. The molecule has 0 aliphatic heterocycles. The van der Waals surface area contributed by atoms with Gasteiger partial charge in [-0.05, 0) is 19.4 Å². The first-order valence-corrected chi connectivity index (χ1v) is 9.94. The largest absolute Gasteiger partial charge is 0.424 e. The molecule has 0 aliphatic carbocycles. The number of aliphatic hydroxyl groups is 1. The van der Waals surface area contributed by atoms with Crippen LogP contribution in [0, 0.1) is 6.92 Å². The van der Waals surface area contributed by atoms with Crippen LogP contribution in [0.1, 0.15) is 43.1 Å². The third kappa shape index (κ3) is 5.75. The molecule has 0 bridgehead atoms. The van der Waals surface area contributed by atoms with E-state index in [1.54, 1.807) is 0 Å². The lowest BCUT2D eigenvalue weighted by Gasteiger charge is -2.30. The van der Waals surface area contributed by atoms with Gasteiger partial charge in [-0.3, -0.25) is 4.99 Å². The average Bonchev–Trinajstić information content (AvgIpc) is 3.11. The van der Waals surface area contributed by atoms with Gasteiger partial charge in [-0.1, -0.05) is 36.8 Å². The summed E-state index contributed by atoms with van der Waals surface area (Å²) >= 11 is 0. The van der Waals surface area contributed by atoms with Crippen molar-refractivity contribution in [2.75, 3.05) is 19.6 Å². The predicted molar refractivity (Wildman–Crippen MR) is 111 cm³/mol. The van der Waals surface area contributed by atoms with Gasteiger partial charge in [-0.2, -0.15) is 13.2 Å². The van der Waals surface area contributed by atoms with Crippen LogP contribution in [0.2, 0.25) is 0 Å². The first-order chi connectivity index (χ1) is 14.1. The number of nitrogens with zero attached hydrogens (tertiary/aromatic N) is 3. The Bertz CT molecular complexity index is 849. The molecule has 0 saturated heterocycles. The Morgan fingerprint density at radius 1 is 1.30 bits per heavy atom. The van der Waals surface area contributed by atoms with Crippen molar-refractivity contribution in [1.29, 1.82) is 0 Å². The minimum atomic E-state index is -4.86. The molecule has 9 heteroatoms. The number of alkyl halides is 3. The quantitative estimate of drug-likeness (QED) is 0.449. The van der Waals surface area contributed by atoms with E-state index in [0.29, 0.717) is 19.0 Å². The fourth-order valence-electron chi connectivity index (χ4n) is 3.16. The van der Waals surface area contributed by atoms with Crippen LogP contribution in [0.5, 0.6) is 0 Å². The van der Waals surface area contributed by atoms with E-state index in [1.165, 1.54) is 24.0 Å². The van der Waals surface area contributed by atoms with Crippen LogP contribution in [0.15, 0.2) is 41.7 Å². The Kier molecular flexibility index (Phi) is 7.89. The molecule has 2 atom stereocenters. The molecule has 166 valence electrons. The zero-order valence-electron chi connectivity index (χ0n) is 17.8. The van der Waals surface area contributed by atoms with Crippen molar-refractivity contribution in [3.05, 3.63) is 53.6 Å². The summed E-state index contributed by atoms with van der Waals surface area (Å²) in [6.07, 6.45) is -2.85. The van der Waals surface area contributed by atoms with E-state index in [0.717, 1.165) is 11.1 Å². The smallest absolute Gasteiger partial charge is 0.374 e. The van der Waals surface area contributed by atoms with Gasteiger partial charge in [0, 0.05) is 51.4 Å². The summed E-state index contributed by atoms with van der Waals surface area (Å²) in [5, 5.41) is 16.3. The zero-order valence-corrected chi connectivity index (χ0v) is 17.8. The molecule has 3 N–H and O–H groups in total. The van der Waals surface area contributed by atoms with Gasteiger partial charge in [0.1, 0.15) is 5.82 Å². The number of halogens is 3. The summed E-state index contributed by atoms with van der Waals surface area (Å²) in [7, 11) is 1.42. The van der Waals surface area contributed by atoms with Crippen LogP contribution in [0.4, 0.5) is 13.2 Å². The minimum absolute atomic E-state index is 0.131. The Labute approximate surface area is 175 Å². The van der Waals surface area contributed by atoms with Crippen molar-refractivity contribution in [2.45, 2.75) is 44.9 Å². The Balaban J connectivity index is 2.05. The molecule has 0 aliphatic rings. The van der Waals surface area contributed by atoms with Crippen molar-refractivity contribution < 1.29 is 18.3 Å². The van der Waals surface area contributed by atoms with Gasteiger partial charge >= 0.3 is 6.18 Å². The molecular formula is C21H30F3N5O. The lowest BCUT2D eigenvalue weighted by atomic mass is 9.97. The standard InChI is InChI=1S/C21H30F3N5O/c1-5-25-19(28-14-16(3)17-8-6-7-15(2)13-17)27-10-9-20(30,21(22,23)24)18-26-11-12-29(18)4/h6-8,11-13,16,30H,5,9-10,14H2,1-4H3,(H2,25,27,28). The zero-order chi connectivity index (χ0) is 22.4. The van der Waals surface area contributed by atoms with Crippen molar-refractivity contribution in [3.63, 3.8) is 0 Å². The van der Waals surface area contributed by atoms with Crippen LogP contribution in [0.3, 0.4) is 0 Å². The molecule has 1 aromatic heterocycles. The Morgan fingerprint density at radius 2 is 2.03 bits per heavy atom. The highest BCUT2D eigenvalue weighted by Gasteiger charge is 2.57. The molecule has 0 amide bonds. The van der Waals surface area contributed by atoms with Gasteiger partial charge in [0.25, 0.3) is 0 Å². The van der Waals surface area contributed by atoms with Crippen molar-refractivity contribution in [1.82, 2.24) is 20.2 Å². The summed E-state index contributed by atoms with van der Waals surface area (Å²) in [6, 6.07) is 8.14. The maximum absolute atomic E-state index is 13.6. The molecule has 2 rings (SSSR count). The number of benzene rings is 1. The Morgan fingerprint density at radius 3 is 2.60 bits per heavy atom. The number of aromatic nitrogens is 2. The number of imidazole rings is 1. The normalized spacial score (nSPS) is 15.5. The fraction of sp³-hybridized carbons (Fsp3) is 0.524. The molecule has 2 aromatic rings. The number of nitrogens with one attached hydrogen (secondary N) is 2. The second-order valence-corrected chi connectivity index (χ2v) is 7.43. The third-order valence-electron chi connectivity index (χ3n) is 4.92. The van der Waals surface area contributed by atoms with E-state index < -0.39 is 24.0 Å². The van der Waals surface area contributed by atoms with Gasteiger partial charge in [-0.25, -0.2) is 4.98 Å². The highest BCUT2D eigenvalue weighted by atomic mass is 19.4.